The summed E-state index contributed by atoms with van der Waals surface area (Å²) in [7, 11) is 0. The van der Waals surface area contributed by atoms with Gasteiger partial charge < -0.3 is 4.74 Å². The summed E-state index contributed by atoms with van der Waals surface area (Å²) in [5.74, 6) is 3.04. The van der Waals surface area contributed by atoms with Gasteiger partial charge in [0.05, 0.1) is 18.2 Å². The van der Waals surface area contributed by atoms with Gasteiger partial charge in [-0.05, 0) is 55.3 Å². The van der Waals surface area contributed by atoms with Gasteiger partial charge >= 0.3 is 0 Å². The van der Waals surface area contributed by atoms with E-state index in [1.54, 1.807) is 0 Å². The lowest BCUT2D eigenvalue weighted by Gasteiger charge is -2.06. The molecule has 22 heavy (non-hydrogen) atoms. The van der Waals surface area contributed by atoms with Crippen LogP contribution in [-0.2, 0) is 5.75 Å². The Morgan fingerprint density at radius 2 is 1.91 bits per heavy atom. The fourth-order valence-electron chi connectivity index (χ4n) is 2.05. The van der Waals surface area contributed by atoms with Crippen molar-refractivity contribution in [1.29, 1.82) is 5.26 Å². The van der Waals surface area contributed by atoms with Gasteiger partial charge in [-0.3, -0.25) is 0 Å². The van der Waals surface area contributed by atoms with E-state index in [0.29, 0.717) is 0 Å². The summed E-state index contributed by atoms with van der Waals surface area (Å²) in [4.78, 5) is 0. The zero-order valence-corrected chi connectivity index (χ0v) is 13.7. The third-order valence-electron chi connectivity index (χ3n) is 3.30. The first-order valence-corrected chi connectivity index (χ1v) is 8.69. The summed E-state index contributed by atoms with van der Waals surface area (Å²) in [5, 5.41) is 8.87. The number of unbranched alkanes of at least 4 members (excludes halogenated alkanes) is 1. The molecule has 0 heterocycles. The number of rotatable bonds is 8. The summed E-state index contributed by atoms with van der Waals surface area (Å²) in [5.41, 5.74) is 3.22. The minimum Gasteiger partial charge on any atom is -0.494 e. The third-order valence-corrected chi connectivity index (χ3v) is 4.41. The molecule has 0 aliphatic heterocycles. The summed E-state index contributed by atoms with van der Waals surface area (Å²) >= 11 is 1.91. The monoisotopic (exact) mass is 311 g/mol. The molecule has 0 saturated carbocycles. The molecule has 0 radical (unpaired) electrons. The molecule has 0 atom stereocenters. The first-order valence-electron chi connectivity index (χ1n) is 7.54. The number of ether oxygens (including phenoxy) is 1. The van der Waals surface area contributed by atoms with E-state index >= 15 is 0 Å². The Bertz CT molecular complexity index is 616. The average Bonchev–Trinajstić information content (AvgIpc) is 2.56. The number of benzene rings is 2. The molecule has 3 heteroatoms. The number of hydrogen-bond donors (Lipinski definition) is 0. The highest BCUT2D eigenvalue weighted by Crippen LogP contribution is 2.16. The van der Waals surface area contributed by atoms with E-state index in [0.717, 1.165) is 42.3 Å². The fourth-order valence-corrected chi connectivity index (χ4v) is 3.02. The van der Waals surface area contributed by atoms with Crippen molar-refractivity contribution in [3.8, 4) is 11.8 Å². The lowest BCUT2D eigenvalue weighted by Crippen LogP contribution is -1.98. The molecule has 2 aromatic carbocycles. The maximum atomic E-state index is 8.87. The van der Waals surface area contributed by atoms with Gasteiger partial charge in [0.15, 0.2) is 0 Å². The SMILES string of the molecule is Cc1ccc(OCCCCSCc2cccc(C#N)c2)cc1. The summed E-state index contributed by atoms with van der Waals surface area (Å²) in [6, 6.07) is 18.2. The van der Waals surface area contributed by atoms with Crippen molar-refractivity contribution in [3.05, 3.63) is 65.2 Å². The van der Waals surface area contributed by atoms with Gasteiger partial charge in [0.1, 0.15) is 5.75 Å². The van der Waals surface area contributed by atoms with Crippen LogP contribution in [0, 0.1) is 18.3 Å². The lowest BCUT2D eigenvalue weighted by atomic mass is 10.2. The second-order valence-electron chi connectivity index (χ2n) is 5.23. The zero-order chi connectivity index (χ0) is 15.6. The number of hydrogen-bond acceptors (Lipinski definition) is 3. The van der Waals surface area contributed by atoms with Gasteiger partial charge in [-0.25, -0.2) is 0 Å². The molecule has 0 amide bonds. The van der Waals surface area contributed by atoms with Crippen molar-refractivity contribution >= 4 is 11.8 Å². The highest BCUT2D eigenvalue weighted by atomic mass is 32.2. The topological polar surface area (TPSA) is 33.0 Å². The standard InChI is InChI=1S/C19H21NOS/c1-16-7-9-19(10-8-16)21-11-2-3-12-22-15-18-6-4-5-17(13-18)14-20/h4-10,13H,2-3,11-12,15H2,1H3. The molecule has 2 nitrogen and oxygen atoms in total. The van der Waals surface area contributed by atoms with E-state index in [1.165, 1.54) is 11.1 Å². The van der Waals surface area contributed by atoms with E-state index < -0.39 is 0 Å². The molecule has 0 bridgehead atoms. The number of aryl methyl sites for hydroxylation is 1. The average molecular weight is 311 g/mol. The molecule has 0 fully saturated rings. The normalized spacial score (nSPS) is 10.2. The van der Waals surface area contributed by atoms with Crippen molar-refractivity contribution in [2.45, 2.75) is 25.5 Å². The Morgan fingerprint density at radius 1 is 1.09 bits per heavy atom. The molecule has 0 unspecified atom stereocenters. The molecule has 0 spiro atoms. The molecule has 2 aromatic rings. The smallest absolute Gasteiger partial charge is 0.119 e. The largest absolute Gasteiger partial charge is 0.494 e. The minimum atomic E-state index is 0.740. The van der Waals surface area contributed by atoms with E-state index in [1.807, 2.05) is 42.1 Å². The van der Waals surface area contributed by atoms with Crippen LogP contribution in [0.4, 0.5) is 0 Å². The Hall–Kier alpha value is -1.92. The summed E-state index contributed by atoms with van der Waals surface area (Å²) < 4.78 is 5.71. The van der Waals surface area contributed by atoms with Crippen molar-refractivity contribution in [2.24, 2.45) is 0 Å². The molecule has 2 rings (SSSR count). The van der Waals surface area contributed by atoms with Crippen LogP contribution in [0.3, 0.4) is 0 Å². The Balaban J connectivity index is 1.56. The lowest BCUT2D eigenvalue weighted by molar-refractivity contribution is 0.310. The predicted octanol–water partition coefficient (Wildman–Crippen LogP) is 4.96. The van der Waals surface area contributed by atoms with Crippen molar-refractivity contribution in [2.75, 3.05) is 12.4 Å². The first kappa shape index (κ1) is 16.5. The molecule has 0 aliphatic carbocycles. The van der Waals surface area contributed by atoms with Crippen LogP contribution in [0.1, 0.15) is 29.5 Å². The first-order chi connectivity index (χ1) is 10.8. The molecule has 0 aliphatic rings. The number of nitrogens with zero attached hydrogens (tertiary/aromatic N) is 1. The second-order valence-corrected chi connectivity index (χ2v) is 6.34. The Morgan fingerprint density at radius 3 is 2.68 bits per heavy atom. The van der Waals surface area contributed by atoms with Gasteiger partial charge in [0.2, 0.25) is 0 Å². The van der Waals surface area contributed by atoms with Crippen LogP contribution in [0.25, 0.3) is 0 Å². The van der Waals surface area contributed by atoms with E-state index in [-0.39, 0.29) is 0 Å². The predicted molar refractivity (Wildman–Crippen MR) is 93.2 cm³/mol. The van der Waals surface area contributed by atoms with Gasteiger partial charge in [0.25, 0.3) is 0 Å². The van der Waals surface area contributed by atoms with Gasteiger partial charge in [-0.1, -0.05) is 29.8 Å². The van der Waals surface area contributed by atoms with Crippen LogP contribution in [-0.4, -0.2) is 12.4 Å². The van der Waals surface area contributed by atoms with Gasteiger partial charge in [-0.15, -0.1) is 0 Å². The minimum absolute atomic E-state index is 0.740. The van der Waals surface area contributed by atoms with Crippen LogP contribution in [0.5, 0.6) is 5.75 Å². The molecule has 0 aromatic heterocycles. The second kappa shape index (κ2) is 9.17. The van der Waals surface area contributed by atoms with Crippen LogP contribution >= 0.6 is 11.8 Å². The maximum Gasteiger partial charge on any atom is 0.119 e. The Kier molecular flexibility index (Phi) is 6.86. The van der Waals surface area contributed by atoms with Crippen molar-refractivity contribution in [1.82, 2.24) is 0 Å². The Labute approximate surface area is 137 Å². The van der Waals surface area contributed by atoms with Crippen LogP contribution < -0.4 is 4.74 Å². The van der Waals surface area contributed by atoms with E-state index in [9.17, 15) is 0 Å². The fraction of sp³-hybridized carbons (Fsp3) is 0.316. The molecular formula is C19H21NOS. The number of nitriles is 1. The third kappa shape index (κ3) is 5.83. The summed E-state index contributed by atoms with van der Waals surface area (Å²) in [6.07, 6.45) is 2.22. The van der Waals surface area contributed by atoms with E-state index in [4.69, 9.17) is 10.00 Å². The number of thioether (sulfide) groups is 1. The van der Waals surface area contributed by atoms with E-state index in [2.05, 4.69) is 31.2 Å². The highest BCUT2D eigenvalue weighted by Gasteiger charge is 1.97. The molecular weight excluding hydrogens is 290 g/mol. The van der Waals surface area contributed by atoms with Crippen LogP contribution in [0.15, 0.2) is 48.5 Å². The zero-order valence-electron chi connectivity index (χ0n) is 12.9. The van der Waals surface area contributed by atoms with Gasteiger partial charge in [0, 0.05) is 5.75 Å². The van der Waals surface area contributed by atoms with Crippen molar-refractivity contribution < 1.29 is 4.74 Å². The molecule has 0 N–H and O–H groups in total. The van der Waals surface area contributed by atoms with Gasteiger partial charge in [-0.2, -0.15) is 17.0 Å². The quantitative estimate of drug-likeness (QED) is 0.646. The maximum absolute atomic E-state index is 8.87. The van der Waals surface area contributed by atoms with Crippen LogP contribution in [0.2, 0.25) is 0 Å². The summed E-state index contributed by atoms with van der Waals surface area (Å²) in [6.45, 7) is 2.85. The van der Waals surface area contributed by atoms with Crippen molar-refractivity contribution in [3.63, 3.8) is 0 Å². The highest BCUT2D eigenvalue weighted by molar-refractivity contribution is 7.98. The molecule has 0 saturated heterocycles. The molecule has 114 valence electrons.